The summed E-state index contributed by atoms with van der Waals surface area (Å²) >= 11 is 2.32. The van der Waals surface area contributed by atoms with Crippen LogP contribution in [0, 0.1) is 0 Å². The van der Waals surface area contributed by atoms with Crippen LogP contribution >= 0.6 is 0 Å². The molecule has 0 rings (SSSR count). The zero-order valence-corrected chi connectivity index (χ0v) is 8.71. The third kappa shape index (κ3) is 2.49. The summed E-state index contributed by atoms with van der Waals surface area (Å²) < 4.78 is 1.40. The first kappa shape index (κ1) is 9.81. The van der Waals surface area contributed by atoms with Crippen LogP contribution in [0.5, 0.6) is 0 Å². The summed E-state index contributed by atoms with van der Waals surface area (Å²) in [7, 11) is -0.879. The second-order valence-corrected chi connectivity index (χ2v) is 10.5. The molecular formula is C7H17LiSi. The van der Waals surface area contributed by atoms with Gasteiger partial charge in [-0.05, 0) is 0 Å². The number of hydrogen-bond donors (Lipinski definition) is 0. The molecule has 0 aromatic heterocycles. The van der Waals surface area contributed by atoms with Crippen molar-refractivity contribution in [3.8, 4) is 0 Å². The molecule has 0 bridgehead atoms. The van der Waals surface area contributed by atoms with Gasteiger partial charge in [-0.3, -0.25) is 0 Å². The molecule has 0 aliphatic heterocycles. The van der Waals surface area contributed by atoms with Crippen molar-refractivity contribution in [1.29, 1.82) is 0 Å². The van der Waals surface area contributed by atoms with Crippen LogP contribution in [0.3, 0.4) is 0 Å². The van der Waals surface area contributed by atoms with Gasteiger partial charge in [0, 0.05) is 0 Å². The van der Waals surface area contributed by atoms with Crippen LogP contribution in [0.25, 0.3) is 0 Å². The second kappa shape index (κ2) is 2.82. The maximum atomic E-state index is 2.47. The van der Waals surface area contributed by atoms with Gasteiger partial charge in [0.15, 0.2) is 0 Å². The average Bonchev–Trinajstić information content (AvgIpc) is 1.64. The summed E-state index contributed by atoms with van der Waals surface area (Å²) in [6.07, 6.45) is 0. The van der Waals surface area contributed by atoms with E-state index >= 15 is 0 Å². The molecule has 0 radical (unpaired) electrons. The molecule has 0 aliphatic rings. The molecule has 0 unspecified atom stereocenters. The summed E-state index contributed by atoms with van der Waals surface area (Å²) in [5.41, 5.74) is 0. The van der Waals surface area contributed by atoms with Crippen LogP contribution in [-0.2, 0) is 0 Å². The molecular weight excluding hydrogens is 119 g/mol. The first-order chi connectivity index (χ1) is 3.81. The standard InChI is InChI=1S/C7H17Si.Li/c1-7(2,3)8(4,5)6;/h4H2,1-3,5-6H3;. The number of rotatable bonds is 1. The maximum absolute atomic E-state index is 2.47. The molecule has 0 aromatic carbocycles. The summed E-state index contributed by atoms with van der Waals surface area (Å²) in [6, 6.07) is 0. The molecule has 0 aromatic rings. The van der Waals surface area contributed by atoms with E-state index in [1.165, 1.54) is 4.72 Å². The first-order valence-corrected chi connectivity index (χ1v) is 7.02. The van der Waals surface area contributed by atoms with Crippen molar-refractivity contribution in [3.63, 3.8) is 0 Å². The monoisotopic (exact) mass is 136 g/mol. The summed E-state index contributed by atoms with van der Waals surface area (Å²) in [5.74, 6) is 0. The summed E-state index contributed by atoms with van der Waals surface area (Å²) in [6.45, 7) is 12.0. The van der Waals surface area contributed by atoms with Crippen molar-refractivity contribution in [2.75, 3.05) is 0 Å². The van der Waals surface area contributed by atoms with Crippen LogP contribution in [0.4, 0.5) is 0 Å². The Morgan fingerprint density at radius 2 is 1.56 bits per heavy atom. The predicted molar refractivity (Wildman–Crippen MR) is 47.8 cm³/mol. The van der Waals surface area contributed by atoms with E-state index in [-0.39, 0.29) is 0 Å². The second-order valence-electron chi connectivity index (χ2n) is 4.49. The Morgan fingerprint density at radius 3 is 1.56 bits per heavy atom. The Morgan fingerprint density at radius 1 is 1.22 bits per heavy atom. The molecule has 0 fully saturated rings. The van der Waals surface area contributed by atoms with Crippen molar-refractivity contribution in [2.24, 2.45) is 0 Å². The Bertz CT molecular complexity index is 91.6. The van der Waals surface area contributed by atoms with E-state index in [9.17, 15) is 0 Å². The minimum absolute atomic E-state index is 0.585. The van der Waals surface area contributed by atoms with Gasteiger partial charge in [0.05, 0.1) is 0 Å². The molecule has 0 aliphatic carbocycles. The third-order valence-electron chi connectivity index (χ3n) is 2.91. The Balaban J connectivity index is 4.14. The van der Waals surface area contributed by atoms with Crippen molar-refractivity contribution in [2.45, 2.75) is 43.6 Å². The van der Waals surface area contributed by atoms with Gasteiger partial charge in [0.25, 0.3) is 0 Å². The van der Waals surface area contributed by atoms with Gasteiger partial charge in [-0.15, -0.1) is 0 Å². The normalized spacial score (nSPS) is 14.1. The average molecular weight is 136 g/mol. The SMILES string of the molecule is [Li][CH2][Si](C)(C)C(C)(C)C. The fourth-order valence-corrected chi connectivity index (χ4v) is 1.59. The van der Waals surface area contributed by atoms with Crippen molar-refractivity contribution in [1.82, 2.24) is 0 Å². The first-order valence-electron chi connectivity index (χ1n) is 3.81. The van der Waals surface area contributed by atoms with E-state index in [1.807, 2.05) is 0 Å². The van der Waals surface area contributed by atoms with Crippen molar-refractivity contribution in [3.05, 3.63) is 0 Å². The Labute approximate surface area is 69.6 Å². The van der Waals surface area contributed by atoms with E-state index in [0.717, 1.165) is 0 Å². The molecule has 0 saturated heterocycles. The molecule has 0 heterocycles. The molecule has 0 spiro atoms. The fraction of sp³-hybridized carbons (Fsp3) is 1.00. The third-order valence-corrected chi connectivity index (χ3v) is 8.74. The van der Waals surface area contributed by atoms with Crippen LogP contribution in [0.2, 0.25) is 22.8 Å². The van der Waals surface area contributed by atoms with Gasteiger partial charge in [-0.1, -0.05) is 0 Å². The van der Waals surface area contributed by atoms with E-state index in [2.05, 4.69) is 51.6 Å². The Hall–Kier alpha value is 0.814. The molecule has 0 atom stereocenters. The van der Waals surface area contributed by atoms with Gasteiger partial charge in [-0.25, -0.2) is 0 Å². The fourth-order valence-electron chi connectivity index (χ4n) is 0.530. The molecule has 0 nitrogen and oxygen atoms in total. The predicted octanol–water partition coefficient (Wildman–Crippen LogP) is 2.62. The summed E-state index contributed by atoms with van der Waals surface area (Å²) in [5, 5.41) is 0.585. The topological polar surface area (TPSA) is 0 Å². The van der Waals surface area contributed by atoms with Crippen LogP contribution in [0.1, 0.15) is 20.8 Å². The van der Waals surface area contributed by atoms with Crippen LogP contribution in [0.15, 0.2) is 0 Å². The van der Waals surface area contributed by atoms with E-state index in [0.29, 0.717) is 5.04 Å². The number of hydrogen-bond acceptors (Lipinski definition) is 0. The van der Waals surface area contributed by atoms with Gasteiger partial charge in [0.1, 0.15) is 0 Å². The minimum atomic E-state index is -0.879. The van der Waals surface area contributed by atoms with Gasteiger partial charge in [0.2, 0.25) is 0 Å². The van der Waals surface area contributed by atoms with E-state index in [1.54, 1.807) is 0 Å². The summed E-state index contributed by atoms with van der Waals surface area (Å²) in [4.78, 5) is 0. The zero-order valence-electron chi connectivity index (χ0n) is 7.71. The van der Waals surface area contributed by atoms with Gasteiger partial charge >= 0.3 is 69.4 Å². The van der Waals surface area contributed by atoms with Crippen molar-refractivity contribution < 1.29 is 0 Å². The molecule has 50 valence electrons. The molecule has 0 amide bonds. The van der Waals surface area contributed by atoms with Gasteiger partial charge < -0.3 is 0 Å². The zero-order chi connectivity index (χ0) is 7.71. The van der Waals surface area contributed by atoms with Crippen LogP contribution < -0.4 is 0 Å². The molecule has 0 N–H and O–H groups in total. The molecule has 0 saturated carbocycles. The Kier molecular flexibility index (Phi) is 3.08. The molecule has 2 heteroatoms. The van der Waals surface area contributed by atoms with E-state index in [4.69, 9.17) is 0 Å². The van der Waals surface area contributed by atoms with Crippen molar-refractivity contribution >= 4 is 25.8 Å². The van der Waals surface area contributed by atoms with Gasteiger partial charge in [-0.2, -0.15) is 0 Å². The quantitative estimate of drug-likeness (QED) is 0.486. The van der Waals surface area contributed by atoms with Crippen LogP contribution in [-0.4, -0.2) is 25.8 Å². The molecule has 9 heavy (non-hydrogen) atoms. The van der Waals surface area contributed by atoms with E-state index < -0.39 is 8.07 Å².